The standard InChI is InChI=1S/C12H19N5O2/c13-12(11(18)19)3-1-2-9(6-12)16-4-5-17-8-14-15-10(17)7-16/h8-9H,1-7,13H2,(H,18,19). The number of nitrogens with zero attached hydrogens (tertiary/aromatic N) is 4. The van der Waals surface area contributed by atoms with E-state index in [2.05, 4.69) is 15.1 Å². The monoisotopic (exact) mass is 265 g/mol. The smallest absolute Gasteiger partial charge is 0.323 e. The number of fused-ring (bicyclic) bond motifs is 1. The fourth-order valence-electron chi connectivity index (χ4n) is 3.18. The summed E-state index contributed by atoms with van der Waals surface area (Å²) >= 11 is 0. The van der Waals surface area contributed by atoms with Crippen LogP contribution in [0.15, 0.2) is 6.33 Å². The maximum Gasteiger partial charge on any atom is 0.323 e. The predicted molar refractivity (Wildman–Crippen MR) is 67.2 cm³/mol. The molecule has 1 aromatic rings. The van der Waals surface area contributed by atoms with Gasteiger partial charge in [0.05, 0.1) is 6.54 Å². The van der Waals surface area contributed by atoms with Crippen molar-refractivity contribution >= 4 is 5.97 Å². The topological polar surface area (TPSA) is 97.3 Å². The number of hydrogen-bond acceptors (Lipinski definition) is 5. The third-order valence-corrected chi connectivity index (χ3v) is 4.37. The van der Waals surface area contributed by atoms with E-state index < -0.39 is 11.5 Å². The molecule has 1 fully saturated rings. The van der Waals surface area contributed by atoms with Gasteiger partial charge in [0.25, 0.3) is 0 Å². The lowest BCUT2D eigenvalue weighted by Gasteiger charge is -2.41. The zero-order valence-corrected chi connectivity index (χ0v) is 10.8. The van der Waals surface area contributed by atoms with Gasteiger partial charge in [-0.15, -0.1) is 10.2 Å². The number of aromatic nitrogens is 3. The van der Waals surface area contributed by atoms with E-state index in [1.807, 2.05) is 4.57 Å². The molecule has 0 aromatic carbocycles. The minimum atomic E-state index is -1.06. The molecule has 0 bridgehead atoms. The van der Waals surface area contributed by atoms with Gasteiger partial charge in [-0.3, -0.25) is 9.69 Å². The van der Waals surface area contributed by atoms with Gasteiger partial charge in [0.15, 0.2) is 0 Å². The minimum absolute atomic E-state index is 0.236. The van der Waals surface area contributed by atoms with Crippen molar-refractivity contribution in [2.75, 3.05) is 6.54 Å². The Balaban J connectivity index is 1.72. The number of carboxylic acids is 1. The Morgan fingerprint density at radius 1 is 1.53 bits per heavy atom. The predicted octanol–water partition coefficient (Wildman–Crippen LogP) is -0.182. The Morgan fingerprint density at radius 2 is 2.37 bits per heavy atom. The van der Waals surface area contributed by atoms with Crippen molar-refractivity contribution in [2.45, 2.75) is 50.4 Å². The number of nitrogens with two attached hydrogens (primary N) is 1. The third kappa shape index (κ3) is 2.23. The molecule has 2 atom stereocenters. The molecule has 2 aliphatic rings. The van der Waals surface area contributed by atoms with Crippen molar-refractivity contribution in [1.82, 2.24) is 19.7 Å². The zero-order chi connectivity index (χ0) is 13.5. The quantitative estimate of drug-likeness (QED) is 0.770. The van der Waals surface area contributed by atoms with Gasteiger partial charge in [0.2, 0.25) is 0 Å². The molecular weight excluding hydrogens is 246 g/mol. The summed E-state index contributed by atoms with van der Waals surface area (Å²) in [7, 11) is 0. The molecule has 3 rings (SSSR count). The second-order valence-corrected chi connectivity index (χ2v) is 5.62. The first kappa shape index (κ1) is 12.6. The molecule has 1 aromatic heterocycles. The van der Waals surface area contributed by atoms with Crippen molar-refractivity contribution in [3.63, 3.8) is 0 Å². The van der Waals surface area contributed by atoms with E-state index in [4.69, 9.17) is 5.73 Å². The lowest BCUT2D eigenvalue weighted by Crippen LogP contribution is -2.56. The van der Waals surface area contributed by atoms with Crippen LogP contribution in [0.3, 0.4) is 0 Å². The summed E-state index contributed by atoms with van der Waals surface area (Å²) in [5.74, 6) is 0.0761. The van der Waals surface area contributed by atoms with Gasteiger partial charge < -0.3 is 15.4 Å². The third-order valence-electron chi connectivity index (χ3n) is 4.37. The van der Waals surface area contributed by atoms with E-state index in [9.17, 15) is 9.90 Å². The van der Waals surface area contributed by atoms with E-state index in [1.54, 1.807) is 6.33 Å². The molecule has 2 unspecified atom stereocenters. The Hall–Kier alpha value is -1.47. The van der Waals surface area contributed by atoms with Gasteiger partial charge in [-0.25, -0.2) is 0 Å². The molecule has 0 saturated heterocycles. The number of carbonyl (C=O) groups is 1. The minimum Gasteiger partial charge on any atom is -0.480 e. The highest BCUT2D eigenvalue weighted by Crippen LogP contribution is 2.31. The SMILES string of the molecule is NC1(C(=O)O)CCCC(N2CCn3cnnc3C2)C1. The summed E-state index contributed by atoms with van der Waals surface area (Å²) in [4.78, 5) is 13.6. The molecule has 104 valence electrons. The Bertz CT molecular complexity index is 488. The fraction of sp³-hybridized carbons (Fsp3) is 0.750. The van der Waals surface area contributed by atoms with Crippen LogP contribution in [0.2, 0.25) is 0 Å². The maximum absolute atomic E-state index is 11.3. The summed E-state index contributed by atoms with van der Waals surface area (Å²) in [6.45, 7) is 2.51. The van der Waals surface area contributed by atoms with Crippen LogP contribution in [0.4, 0.5) is 0 Å². The van der Waals surface area contributed by atoms with Gasteiger partial charge in [0.1, 0.15) is 17.7 Å². The van der Waals surface area contributed by atoms with Gasteiger partial charge in [-0.2, -0.15) is 0 Å². The fourth-order valence-corrected chi connectivity index (χ4v) is 3.18. The normalized spacial score (nSPS) is 31.9. The highest BCUT2D eigenvalue weighted by atomic mass is 16.4. The highest BCUT2D eigenvalue weighted by Gasteiger charge is 2.41. The van der Waals surface area contributed by atoms with Crippen LogP contribution < -0.4 is 5.73 Å². The summed E-state index contributed by atoms with van der Waals surface area (Å²) in [6.07, 6.45) is 4.73. The second kappa shape index (κ2) is 4.57. The molecule has 0 spiro atoms. The highest BCUT2D eigenvalue weighted by molar-refractivity contribution is 5.78. The molecule has 1 aliphatic carbocycles. The molecule has 0 amide bonds. The second-order valence-electron chi connectivity index (χ2n) is 5.62. The lowest BCUT2D eigenvalue weighted by molar-refractivity contribution is -0.145. The average molecular weight is 265 g/mol. The van der Waals surface area contributed by atoms with Crippen LogP contribution in [0, 0.1) is 0 Å². The van der Waals surface area contributed by atoms with Crippen LogP contribution in [0.1, 0.15) is 31.5 Å². The first-order valence-corrected chi connectivity index (χ1v) is 6.71. The van der Waals surface area contributed by atoms with Gasteiger partial charge >= 0.3 is 5.97 Å². The maximum atomic E-state index is 11.3. The van der Waals surface area contributed by atoms with E-state index in [1.165, 1.54) is 0 Å². The molecular formula is C12H19N5O2. The van der Waals surface area contributed by atoms with E-state index in [0.717, 1.165) is 38.3 Å². The first-order valence-electron chi connectivity index (χ1n) is 6.71. The molecule has 3 N–H and O–H groups in total. The van der Waals surface area contributed by atoms with Crippen LogP contribution in [0.25, 0.3) is 0 Å². The zero-order valence-electron chi connectivity index (χ0n) is 10.8. The molecule has 1 aliphatic heterocycles. The Morgan fingerprint density at radius 3 is 3.16 bits per heavy atom. The van der Waals surface area contributed by atoms with Gasteiger partial charge in [-0.05, 0) is 25.7 Å². The van der Waals surface area contributed by atoms with Crippen LogP contribution >= 0.6 is 0 Å². The van der Waals surface area contributed by atoms with Crippen LogP contribution in [0.5, 0.6) is 0 Å². The van der Waals surface area contributed by atoms with E-state index in [0.29, 0.717) is 12.8 Å². The van der Waals surface area contributed by atoms with Crippen molar-refractivity contribution in [1.29, 1.82) is 0 Å². The average Bonchev–Trinajstić information content (AvgIpc) is 2.85. The van der Waals surface area contributed by atoms with Gasteiger partial charge in [-0.1, -0.05) is 0 Å². The molecule has 19 heavy (non-hydrogen) atoms. The molecule has 1 saturated carbocycles. The van der Waals surface area contributed by atoms with Crippen molar-refractivity contribution < 1.29 is 9.90 Å². The van der Waals surface area contributed by atoms with E-state index >= 15 is 0 Å². The van der Waals surface area contributed by atoms with Crippen LogP contribution in [-0.4, -0.2) is 48.9 Å². The lowest BCUT2D eigenvalue weighted by atomic mass is 9.79. The van der Waals surface area contributed by atoms with Gasteiger partial charge in [0, 0.05) is 19.1 Å². The molecule has 7 heteroatoms. The molecule has 2 heterocycles. The Kier molecular flexibility index (Phi) is 3.02. The summed E-state index contributed by atoms with van der Waals surface area (Å²) in [5, 5.41) is 17.3. The number of carboxylic acid groups (broad SMARTS) is 1. The van der Waals surface area contributed by atoms with Crippen LogP contribution in [-0.2, 0) is 17.9 Å². The number of hydrogen-bond donors (Lipinski definition) is 2. The summed E-state index contributed by atoms with van der Waals surface area (Å²) in [5.41, 5.74) is 4.95. The first-order chi connectivity index (χ1) is 9.08. The van der Waals surface area contributed by atoms with Crippen molar-refractivity contribution in [3.05, 3.63) is 12.2 Å². The number of aliphatic carboxylic acids is 1. The van der Waals surface area contributed by atoms with E-state index in [-0.39, 0.29) is 6.04 Å². The molecule has 7 nitrogen and oxygen atoms in total. The largest absolute Gasteiger partial charge is 0.480 e. The van der Waals surface area contributed by atoms with Crippen molar-refractivity contribution in [3.8, 4) is 0 Å². The molecule has 0 radical (unpaired) electrons. The summed E-state index contributed by atoms with van der Waals surface area (Å²) in [6, 6.07) is 0.236. The van der Waals surface area contributed by atoms with Crippen molar-refractivity contribution in [2.24, 2.45) is 5.73 Å². The Labute approximate surface area is 111 Å². The summed E-state index contributed by atoms with van der Waals surface area (Å²) < 4.78 is 2.05. The number of rotatable bonds is 2.